The Hall–Kier alpha value is -1.96. The first-order valence-corrected chi connectivity index (χ1v) is 7.40. The third-order valence-corrected chi connectivity index (χ3v) is 3.84. The first-order valence-electron chi connectivity index (χ1n) is 5.48. The molecular weight excluding hydrogens is 302 g/mol. The number of carbonyl (C=O) groups excluding carboxylic acids is 1. The number of aromatic nitrogens is 1. The number of nitrogens with two attached hydrogens (primary N) is 1. The normalized spacial score (nSPS) is 11.1. The Labute approximate surface area is 120 Å². The second-order valence-electron chi connectivity index (χ2n) is 3.91. The van der Waals surface area contributed by atoms with Crippen molar-refractivity contribution in [2.24, 2.45) is 5.14 Å². The number of primary sulfonamides is 1. The number of carbonyl (C=O) groups is 1. The molecule has 0 aliphatic rings. The van der Waals surface area contributed by atoms with Gasteiger partial charge in [0.15, 0.2) is 12.4 Å². The zero-order valence-corrected chi connectivity index (χ0v) is 11.7. The quantitative estimate of drug-likeness (QED) is 0.815. The molecule has 6 nitrogen and oxygen atoms in total. The van der Waals surface area contributed by atoms with Crippen molar-refractivity contribution in [3.63, 3.8) is 0 Å². The standard InChI is InChI=1S/C12H10ClN3O3S/c13-10-5-4-9(8-11(10)20(14,18)19)12(17)15-16-6-2-1-3-7-16/h1-8H,(H2-,14,15,17,18,19)/p+1. The maximum atomic E-state index is 12.0. The average molecular weight is 313 g/mol. The highest BCUT2D eigenvalue weighted by atomic mass is 35.5. The van der Waals surface area contributed by atoms with E-state index in [1.807, 2.05) is 0 Å². The van der Waals surface area contributed by atoms with Crippen LogP contribution >= 0.6 is 11.6 Å². The van der Waals surface area contributed by atoms with Crippen LogP contribution in [-0.2, 0) is 10.0 Å². The molecule has 1 amide bonds. The summed E-state index contributed by atoms with van der Waals surface area (Å²) in [4.78, 5) is 11.7. The Morgan fingerprint density at radius 2 is 1.85 bits per heavy atom. The van der Waals surface area contributed by atoms with E-state index in [-0.39, 0.29) is 15.5 Å². The van der Waals surface area contributed by atoms with E-state index in [1.165, 1.54) is 16.8 Å². The van der Waals surface area contributed by atoms with E-state index in [0.717, 1.165) is 6.07 Å². The SMILES string of the molecule is NS(=O)(=O)c1cc(C(=O)N[n+]2ccccc2)ccc1Cl. The lowest BCUT2D eigenvalue weighted by Gasteiger charge is -2.04. The van der Waals surface area contributed by atoms with Crippen molar-refractivity contribution in [1.82, 2.24) is 0 Å². The molecule has 0 saturated heterocycles. The Morgan fingerprint density at radius 1 is 1.20 bits per heavy atom. The Morgan fingerprint density at radius 3 is 2.45 bits per heavy atom. The summed E-state index contributed by atoms with van der Waals surface area (Å²) in [5, 5.41) is 5.00. The third kappa shape index (κ3) is 3.32. The number of hydrogen-bond donors (Lipinski definition) is 2. The fourth-order valence-corrected chi connectivity index (χ4v) is 2.59. The summed E-state index contributed by atoms with van der Waals surface area (Å²) in [5.74, 6) is -0.484. The number of rotatable bonds is 3. The smallest absolute Gasteiger partial charge is 0.264 e. The molecule has 2 rings (SSSR count). The van der Waals surface area contributed by atoms with Crippen LogP contribution in [0.4, 0.5) is 0 Å². The molecule has 0 radical (unpaired) electrons. The summed E-state index contributed by atoms with van der Waals surface area (Å²) in [6, 6.07) is 9.12. The van der Waals surface area contributed by atoms with Crippen molar-refractivity contribution >= 4 is 27.5 Å². The molecule has 3 N–H and O–H groups in total. The molecule has 20 heavy (non-hydrogen) atoms. The summed E-state index contributed by atoms with van der Waals surface area (Å²) >= 11 is 5.75. The van der Waals surface area contributed by atoms with Gasteiger partial charge in [-0.3, -0.25) is 4.79 Å². The zero-order valence-electron chi connectivity index (χ0n) is 10.2. The van der Waals surface area contributed by atoms with Crippen molar-refractivity contribution in [3.05, 3.63) is 59.4 Å². The molecule has 1 aromatic heterocycles. The molecule has 8 heteroatoms. The number of halogens is 1. The van der Waals surface area contributed by atoms with Crippen molar-refractivity contribution < 1.29 is 17.9 Å². The number of sulfonamides is 1. The minimum Gasteiger partial charge on any atom is -0.264 e. The minimum atomic E-state index is -3.98. The van der Waals surface area contributed by atoms with E-state index in [9.17, 15) is 13.2 Å². The molecule has 0 aliphatic carbocycles. The molecule has 1 heterocycles. The molecule has 0 aliphatic heterocycles. The predicted octanol–water partition coefficient (Wildman–Crippen LogP) is 0.659. The van der Waals surface area contributed by atoms with Crippen LogP contribution in [0.5, 0.6) is 0 Å². The highest BCUT2D eigenvalue weighted by Crippen LogP contribution is 2.21. The summed E-state index contributed by atoms with van der Waals surface area (Å²) in [5.41, 5.74) is 2.69. The predicted molar refractivity (Wildman–Crippen MR) is 73.2 cm³/mol. The number of amides is 1. The summed E-state index contributed by atoms with van der Waals surface area (Å²) in [6.07, 6.45) is 3.27. The van der Waals surface area contributed by atoms with Crippen LogP contribution in [0.2, 0.25) is 5.02 Å². The lowest BCUT2D eigenvalue weighted by molar-refractivity contribution is -0.641. The minimum absolute atomic E-state index is 0.0311. The van der Waals surface area contributed by atoms with Gasteiger partial charge in [-0.15, -0.1) is 5.43 Å². The van der Waals surface area contributed by atoms with Crippen LogP contribution in [-0.4, -0.2) is 14.3 Å². The van der Waals surface area contributed by atoms with Gasteiger partial charge in [0.1, 0.15) is 4.90 Å². The van der Waals surface area contributed by atoms with Crippen LogP contribution in [0.25, 0.3) is 0 Å². The van der Waals surface area contributed by atoms with E-state index >= 15 is 0 Å². The average Bonchev–Trinajstić information content (AvgIpc) is 2.39. The molecule has 0 atom stereocenters. The number of hydrogen-bond acceptors (Lipinski definition) is 3. The molecule has 0 fully saturated rings. The van der Waals surface area contributed by atoms with E-state index < -0.39 is 15.9 Å². The van der Waals surface area contributed by atoms with Gasteiger partial charge in [0, 0.05) is 17.7 Å². The first kappa shape index (κ1) is 14.4. The second kappa shape index (κ2) is 5.58. The van der Waals surface area contributed by atoms with Gasteiger partial charge in [0.25, 0.3) is 0 Å². The summed E-state index contributed by atoms with van der Waals surface area (Å²) < 4.78 is 24.1. The van der Waals surface area contributed by atoms with Crippen molar-refractivity contribution in [3.8, 4) is 0 Å². The largest absolute Gasteiger partial charge is 0.305 e. The van der Waals surface area contributed by atoms with Crippen LogP contribution < -0.4 is 15.2 Å². The lowest BCUT2D eigenvalue weighted by Crippen LogP contribution is -2.47. The van der Waals surface area contributed by atoms with Crippen LogP contribution in [0.3, 0.4) is 0 Å². The number of nitrogens with one attached hydrogen (secondary N) is 1. The fourth-order valence-electron chi connectivity index (χ4n) is 1.52. The number of benzene rings is 1. The first-order chi connectivity index (χ1) is 9.38. The molecule has 0 saturated carbocycles. The number of nitrogens with zero attached hydrogens (tertiary/aromatic N) is 1. The highest BCUT2D eigenvalue weighted by molar-refractivity contribution is 7.89. The van der Waals surface area contributed by atoms with Crippen molar-refractivity contribution in [1.29, 1.82) is 0 Å². The maximum absolute atomic E-state index is 12.0. The molecule has 1 aromatic carbocycles. The van der Waals surface area contributed by atoms with Gasteiger partial charge in [-0.25, -0.2) is 13.6 Å². The van der Waals surface area contributed by atoms with Gasteiger partial charge in [0.2, 0.25) is 10.0 Å². The maximum Gasteiger partial charge on any atom is 0.305 e. The molecular formula is C12H11ClN3O3S+. The van der Waals surface area contributed by atoms with E-state index in [2.05, 4.69) is 5.43 Å². The topological polar surface area (TPSA) is 93.1 Å². The van der Waals surface area contributed by atoms with Gasteiger partial charge in [-0.1, -0.05) is 22.3 Å². The summed E-state index contributed by atoms with van der Waals surface area (Å²) in [7, 11) is -3.98. The van der Waals surface area contributed by atoms with Crippen LogP contribution in [0.15, 0.2) is 53.7 Å². The fraction of sp³-hybridized carbons (Fsp3) is 0. The van der Waals surface area contributed by atoms with E-state index in [1.54, 1.807) is 30.6 Å². The third-order valence-electron chi connectivity index (χ3n) is 2.45. The summed E-state index contributed by atoms with van der Waals surface area (Å²) in [6.45, 7) is 0. The van der Waals surface area contributed by atoms with Gasteiger partial charge in [0.05, 0.1) is 5.02 Å². The van der Waals surface area contributed by atoms with Gasteiger partial charge in [-0.05, 0) is 18.2 Å². The Balaban J connectivity index is 2.32. The lowest BCUT2D eigenvalue weighted by atomic mass is 10.2. The van der Waals surface area contributed by atoms with Gasteiger partial charge in [-0.2, -0.15) is 0 Å². The zero-order chi connectivity index (χ0) is 14.8. The molecule has 2 aromatic rings. The van der Waals surface area contributed by atoms with Crippen LogP contribution in [0, 0.1) is 0 Å². The second-order valence-corrected chi connectivity index (χ2v) is 5.85. The molecule has 0 unspecified atom stereocenters. The molecule has 0 spiro atoms. The number of pyridine rings is 1. The van der Waals surface area contributed by atoms with Crippen molar-refractivity contribution in [2.45, 2.75) is 4.90 Å². The van der Waals surface area contributed by atoms with Gasteiger partial charge >= 0.3 is 5.91 Å². The van der Waals surface area contributed by atoms with E-state index in [4.69, 9.17) is 16.7 Å². The molecule has 104 valence electrons. The highest BCUT2D eigenvalue weighted by Gasteiger charge is 2.17. The monoisotopic (exact) mass is 312 g/mol. The van der Waals surface area contributed by atoms with E-state index in [0.29, 0.717) is 0 Å². The van der Waals surface area contributed by atoms with Crippen molar-refractivity contribution in [2.75, 3.05) is 5.43 Å². The molecule has 0 bridgehead atoms. The van der Waals surface area contributed by atoms with Gasteiger partial charge < -0.3 is 0 Å². The Kier molecular flexibility index (Phi) is 4.03. The Bertz CT molecular complexity index is 748. The van der Waals surface area contributed by atoms with Crippen LogP contribution in [0.1, 0.15) is 10.4 Å².